The summed E-state index contributed by atoms with van der Waals surface area (Å²) in [6.45, 7) is 17.8. The van der Waals surface area contributed by atoms with Crippen molar-refractivity contribution in [2.75, 3.05) is 71.8 Å². The first-order valence-electron chi connectivity index (χ1n) is 48.8. The van der Waals surface area contributed by atoms with Crippen molar-refractivity contribution >= 4 is 354 Å². The van der Waals surface area contributed by atoms with Gasteiger partial charge in [-0.3, -0.25) is 4.72 Å². The van der Waals surface area contributed by atoms with Crippen LogP contribution in [-0.2, 0) is 24.2 Å². The number of thiazole rings is 9. The van der Waals surface area contributed by atoms with E-state index in [-0.39, 0.29) is 32.4 Å². The molecule has 0 unspecified atom stereocenters. The quantitative estimate of drug-likeness (QED) is 0.0245. The Morgan fingerprint density at radius 1 is 0.400 bits per heavy atom. The van der Waals surface area contributed by atoms with Crippen LogP contribution in [0.3, 0.4) is 0 Å². The average molecular weight is 2390 g/mol. The first kappa shape index (κ1) is 116. The number of nitrogens with zero attached hydrogens (tertiary/aromatic N) is 12. The fraction of sp³-hybridized carbons (Fsp3) is 0.387. The third kappa shape index (κ3) is 37.6. The molecule has 9 aromatic carbocycles. The molecule has 0 amide bonds. The maximum absolute atomic E-state index is 5.45. The van der Waals surface area contributed by atoms with Crippen molar-refractivity contribution in [2.45, 2.75) is 218 Å². The number of ether oxygens (including phenoxy) is 1. The van der Waals surface area contributed by atoms with Gasteiger partial charge in [0.15, 0.2) is 42.6 Å². The molecule has 6 aliphatic rings. The zero-order valence-corrected chi connectivity index (χ0v) is 102. The van der Waals surface area contributed by atoms with Crippen LogP contribution in [0.1, 0.15) is 170 Å². The van der Waals surface area contributed by atoms with Crippen molar-refractivity contribution in [2.24, 2.45) is 5.92 Å². The van der Waals surface area contributed by atoms with E-state index >= 15 is 0 Å². The molecule has 3 saturated carbocycles. The van der Waals surface area contributed by atoms with Crippen LogP contribution in [0, 0.1) is 13.8 Å². The summed E-state index contributed by atoms with van der Waals surface area (Å²) in [7, 11) is 9.04. The summed E-state index contributed by atoms with van der Waals surface area (Å²) >= 11 is 45.2. The molecule has 9 aromatic heterocycles. The Morgan fingerprint density at radius 3 is 1.14 bits per heavy atom. The molecule has 24 rings (SSSR count). The molecule has 39 heteroatoms. The smallest absolute Gasteiger partial charge is 0.166 e. The van der Waals surface area contributed by atoms with Gasteiger partial charge in [-0.25, -0.2) is 47.8 Å². The number of hydrogen-bond donors (Lipinski definition) is 3. The maximum atomic E-state index is 5.45. The minimum atomic E-state index is 0. The molecule has 0 radical (unpaired) electrons. The largest absolute Gasteiger partial charge is 0.378 e. The Hall–Kier alpha value is -4.22. The predicted octanol–water partition coefficient (Wildman–Crippen LogP) is 37.0. The summed E-state index contributed by atoms with van der Waals surface area (Å²) in [4.78, 5) is 43.0. The number of rotatable bonds is 18. The van der Waals surface area contributed by atoms with Gasteiger partial charge in [0.2, 0.25) is 0 Å². The van der Waals surface area contributed by atoms with Gasteiger partial charge in [0, 0.05) is 95.7 Å². The number of fused-ring (bicyclic) bond motifs is 9. The Bertz CT molecular complexity index is 6500. The third-order valence-corrected chi connectivity index (χ3v) is 46.3. The minimum Gasteiger partial charge on any atom is -0.378 e. The van der Waals surface area contributed by atoms with E-state index in [2.05, 4.69) is 217 Å². The van der Waals surface area contributed by atoms with Gasteiger partial charge in [0.1, 0.15) is 4.32 Å². The van der Waals surface area contributed by atoms with E-state index in [0.717, 1.165) is 134 Å². The number of H-pyrrole nitrogens is 2. The van der Waals surface area contributed by atoms with Crippen LogP contribution in [-0.4, -0.2) is 166 Å². The van der Waals surface area contributed by atoms with Crippen LogP contribution < -0.4 is 4.72 Å². The summed E-state index contributed by atoms with van der Waals surface area (Å²) in [6.07, 6.45) is 29.3. The number of morpholine rings is 1. The van der Waals surface area contributed by atoms with Crippen molar-refractivity contribution in [3.63, 3.8) is 0 Å². The summed E-state index contributed by atoms with van der Waals surface area (Å²) in [6, 6.07) is 75.9. The van der Waals surface area contributed by atoms with Crippen molar-refractivity contribution in [3.8, 4) is 0 Å². The number of nitrogens with one attached hydrogen (secondary N) is 3. The standard InChI is InChI=1S/C19H26N2S2.C14H8N2S4.C14H17NS2.C12H14N2S3.C11H12N2S3.C11H14N2S2.C10H18N2OS2.2C7H5NS2.CH4.Zn/c1-3-9-15(10-4-1)21(16-11-5-2-6-12-16)23-19-20-17-13-7-8-14-18(17)22-19;1-3-7-11-9(5-1)15-13(17-11)19-20-14-16-10-6-2-4-8-12(10)18-14;1-2-6-11(7-3-1)10-16-14-15-12-8-4-5-9-13(12)17-14;1-4-8-14(9-5-1)17-16-12-13-10-6-2-3-7-11(10)15-12;1-3-13(2)11(14)16-10-12-8-6-4-5-7-9(8)15-10;1-11(2,3)13-15-10-12-8-6-4-5-7-9(8)14-10;14-10(11-6-8-13-9-7-11)15-12-4-2-1-3-5-12;2*9-7-8-5-3-1-2-4-6(5)10-7;;/h7-8,13-16H,1-6,9-12H2;1-8H;4-5,8-9,11H,1-3,6-7,10H2;2-3,6-7H,1,4-5,8-9H2;4-7H,3H2,1-2H3;4-7,13H,1-3H3;1-9H2;2*1-4H,(H,8,9);1H4;. The van der Waals surface area contributed by atoms with E-state index < -0.39 is 0 Å². The molecule has 3 aliphatic heterocycles. The van der Waals surface area contributed by atoms with Crippen LogP contribution in [0.15, 0.2) is 249 Å². The zero-order chi connectivity index (χ0) is 98.7. The van der Waals surface area contributed by atoms with Gasteiger partial charge in [0.05, 0.1) is 105 Å². The van der Waals surface area contributed by atoms with Gasteiger partial charge in [-0.05, 0) is 322 Å². The SMILES string of the molecule is C.CC(C)(C)NSc1nc2ccccc2s1.CCN(C)C(=S)Sc1nc2ccccc2s1.S=C(SN1CCCCC1)N1CCOCC1.S=c1[nH]c2ccccc2s1.S=c1[nH]c2ccccc2s1.[Zn].c1ccc2sc(SCC3CCCCC3)nc2c1.c1ccc2sc(SN(C3CCCCC3)C3CCCCC3)nc2c1.c1ccc2sc(SSN3CCCCC3)nc2c1.c1ccc2sc(SSc3nc4ccccc4s3)nc2c1. The second-order valence-corrected chi connectivity index (χ2v) is 58.5. The molecule has 0 spiro atoms. The van der Waals surface area contributed by atoms with Crippen LogP contribution in [0.5, 0.6) is 0 Å². The molecule has 3 N–H and O–H groups in total. The molecule has 3 aliphatic carbocycles. The predicted molar refractivity (Wildman–Crippen MR) is 661 cm³/mol. The fourth-order valence-corrected chi connectivity index (χ4v) is 36.8. The number of para-hydroxylation sites is 9. The monoisotopic (exact) mass is 2390 g/mol. The summed E-state index contributed by atoms with van der Waals surface area (Å²) in [5, 5.41) is 0. The number of aromatic amines is 2. The molecule has 145 heavy (non-hydrogen) atoms. The maximum Gasteiger partial charge on any atom is 0.166 e. The van der Waals surface area contributed by atoms with Gasteiger partial charge in [-0.2, -0.15) is 0 Å². The van der Waals surface area contributed by atoms with Crippen LogP contribution in [0.2, 0.25) is 0 Å². The number of thiocarbonyl (C=S) groups is 2. The molecule has 762 valence electrons. The number of aromatic nitrogens is 9. The van der Waals surface area contributed by atoms with Crippen LogP contribution >= 0.6 is 254 Å². The second-order valence-electron chi connectivity index (χ2n) is 35.6. The Morgan fingerprint density at radius 2 is 0.731 bits per heavy atom. The topological polar surface area (TPSA) is 159 Å². The first-order chi connectivity index (χ1) is 69.9. The molecule has 0 bridgehead atoms. The van der Waals surface area contributed by atoms with E-state index in [9.17, 15) is 0 Å². The molecule has 3 saturated heterocycles. The summed E-state index contributed by atoms with van der Waals surface area (Å²) in [5.41, 5.74) is 10.1. The normalized spacial score (nSPS) is 15.4. The van der Waals surface area contributed by atoms with Crippen LogP contribution in [0.25, 0.3) is 91.9 Å². The third-order valence-electron chi connectivity index (χ3n) is 23.7. The molecular formula is C106H123N15OS22Zn. The number of piperidine rings is 2. The van der Waals surface area contributed by atoms with Crippen molar-refractivity contribution < 1.29 is 24.2 Å². The number of hydrogen-bond acceptors (Lipinski definition) is 34. The summed E-state index contributed by atoms with van der Waals surface area (Å²) < 4.78 is 39.1. The van der Waals surface area contributed by atoms with E-state index in [1.165, 1.54) is 222 Å². The minimum absolute atomic E-state index is 0. The van der Waals surface area contributed by atoms with E-state index in [1.807, 2.05) is 160 Å². The first-order valence-corrected chi connectivity index (χ1v) is 66.2. The van der Waals surface area contributed by atoms with E-state index in [0.29, 0.717) is 0 Å². The summed E-state index contributed by atoms with van der Waals surface area (Å²) in [5.74, 6) is 2.19. The number of thioether (sulfide) groups is 2. The van der Waals surface area contributed by atoms with Gasteiger partial charge >= 0.3 is 0 Å². The van der Waals surface area contributed by atoms with Gasteiger partial charge in [-0.15, -0.1) is 102 Å². The van der Waals surface area contributed by atoms with Crippen molar-refractivity contribution in [3.05, 3.63) is 226 Å². The average Bonchev–Trinajstić information content (AvgIpc) is 1.71. The molecular weight excluding hydrogens is 2270 g/mol. The fourth-order valence-electron chi connectivity index (χ4n) is 16.2. The van der Waals surface area contributed by atoms with Crippen molar-refractivity contribution in [1.82, 2.24) is 72.3 Å². The van der Waals surface area contributed by atoms with Gasteiger partial charge in [-0.1, -0.05) is 223 Å². The van der Waals surface area contributed by atoms with Gasteiger partial charge in [0.25, 0.3) is 0 Å². The zero-order valence-electron chi connectivity index (χ0n) is 81.4. The number of benzene rings is 9. The molecule has 0 atom stereocenters. The molecule has 6 fully saturated rings. The van der Waals surface area contributed by atoms with E-state index in [4.69, 9.17) is 58.6 Å². The van der Waals surface area contributed by atoms with Crippen LogP contribution in [0.4, 0.5) is 0 Å². The Balaban J connectivity index is 0.000000130. The van der Waals surface area contributed by atoms with Gasteiger partial charge < -0.3 is 24.5 Å². The van der Waals surface area contributed by atoms with Crippen molar-refractivity contribution in [1.29, 1.82) is 0 Å². The molecule has 16 nitrogen and oxygen atoms in total. The second kappa shape index (κ2) is 61.8. The van der Waals surface area contributed by atoms with E-state index in [1.54, 1.807) is 147 Å². The molecule has 18 aromatic rings. The molecule has 12 heterocycles. The Kier molecular flexibility index (Phi) is 49.5. The Labute approximate surface area is 961 Å².